The second-order valence-electron chi connectivity index (χ2n) is 5.29. The number of fused-ring (bicyclic) bond motifs is 2. The fraction of sp³-hybridized carbons (Fsp3) is 0.714. The minimum atomic E-state index is -0.182. The summed E-state index contributed by atoms with van der Waals surface area (Å²) in [7, 11) is 1.83. The largest absolute Gasteiger partial charge is 0.462 e. The van der Waals surface area contributed by atoms with E-state index < -0.39 is 0 Å². The molecule has 2 aliphatic rings. The van der Waals surface area contributed by atoms with E-state index >= 15 is 0 Å². The Morgan fingerprint density at radius 3 is 2.89 bits per heavy atom. The number of hydrogen-bond acceptors (Lipinski definition) is 3. The zero-order valence-corrected chi connectivity index (χ0v) is 10.9. The molecule has 1 aliphatic carbocycles. The Bertz CT molecular complexity index is 353. The van der Waals surface area contributed by atoms with Crippen molar-refractivity contribution in [3.05, 3.63) is 12.7 Å². The van der Waals surface area contributed by atoms with Gasteiger partial charge in [0.25, 0.3) is 0 Å². The van der Waals surface area contributed by atoms with Gasteiger partial charge in [-0.05, 0) is 32.1 Å². The molecule has 2 rings (SSSR count). The van der Waals surface area contributed by atoms with E-state index in [-0.39, 0.29) is 29.8 Å². The lowest BCUT2D eigenvalue weighted by molar-refractivity contribution is -0.155. The third kappa shape index (κ3) is 2.57. The van der Waals surface area contributed by atoms with Crippen LogP contribution >= 0.6 is 0 Å². The Labute approximate surface area is 108 Å². The van der Waals surface area contributed by atoms with Crippen LogP contribution in [0.5, 0.6) is 0 Å². The molecule has 1 heterocycles. The number of nitrogens with zero attached hydrogens (tertiary/aromatic N) is 1. The summed E-state index contributed by atoms with van der Waals surface area (Å²) in [6.45, 7) is 4.44. The normalized spacial score (nSPS) is 29.2. The second-order valence-corrected chi connectivity index (χ2v) is 5.29. The summed E-state index contributed by atoms with van der Waals surface area (Å²) >= 11 is 0. The first-order valence-corrected chi connectivity index (χ1v) is 6.70. The number of amides is 1. The monoisotopic (exact) mass is 251 g/mol. The summed E-state index contributed by atoms with van der Waals surface area (Å²) in [6, 6.07) is 0. The van der Waals surface area contributed by atoms with Gasteiger partial charge in [-0.2, -0.15) is 0 Å². The van der Waals surface area contributed by atoms with E-state index in [2.05, 4.69) is 6.58 Å². The van der Waals surface area contributed by atoms with Crippen molar-refractivity contribution in [3.8, 4) is 0 Å². The van der Waals surface area contributed by atoms with Gasteiger partial charge in [0.15, 0.2) is 0 Å². The van der Waals surface area contributed by atoms with Crippen LogP contribution in [-0.4, -0.2) is 36.5 Å². The Balaban J connectivity index is 1.80. The van der Waals surface area contributed by atoms with Crippen molar-refractivity contribution in [2.75, 3.05) is 13.6 Å². The molecule has 0 spiro atoms. The van der Waals surface area contributed by atoms with Crippen molar-refractivity contribution in [1.29, 1.82) is 0 Å². The molecule has 18 heavy (non-hydrogen) atoms. The first-order chi connectivity index (χ1) is 8.63. The van der Waals surface area contributed by atoms with Gasteiger partial charge in [-0.3, -0.25) is 9.59 Å². The first-order valence-electron chi connectivity index (χ1n) is 6.70. The minimum Gasteiger partial charge on any atom is -0.462 e. The molecule has 100 valence electrons. The van der Waals surface area contributed by atoms with Gasteiger partial charge >= 0.3 is 5.97 Å². The van der Waals surface area contributed by atoms with E-state index in [4.69, 9.17) is 4.74 Å². The summed E-state index contributed by atoms with van der Waals surface area (Å²) < 4.78 is 5.11. The number of ether oxygens (including phenoxy) is 1. The van der Waals surface area contributed by atoms with Crippen LogP contribution in [0.4, 0.5) is 0 Å². The number of carbonyl (C=O) groups is 2. The topological polar surface area (TPSA) is 46.6 Å². The van der Waals surface area contributed by atoms with Crippen LogP contribution in [0.2, 0.25) is 0 Å². The molecule has 0 aromatic heterocycles. The molecule has 3 atom stereocenters. The van der Waals surface area contributed by atoms with Gasteiger partial charge in [0.2, 0.25) is 5.91 Å². The molecule has 0 radical (unpaired) electrons. The van der Waals surface area contributed by atoms with Gasteiger partial charge in [-0.1, -0.05) is 6.08 Å². The number of hydrogen-bond donors (Lipinski definition) is 0. The molecule has 4 nitrogen and oxygen atoms in total. The minimum absolute atomic E-state index is 0.00869. The average Bonchev–Trinajstić information content (AvgIpc) is 2.92. The molecular weight excluding hydrogens is 230 g/mol. The molecule has 1 aliphatic heterocycles. The number of unbranched alkanes of at least 4 members (excludes halogenated alkanes) is 2. The van der Waals surface area contributed by atoms with E-state index in [1.807, 2.05) is 13.1 Å². The number of allylic oxidation sites excluding steroid dienone is 1. The first kappa shape index (κ1) is 13.1. The van der Waals surface area contributed by atoms with Gasteiger partial charge in [-0.25, -0.2) is 0 Å². The highest BCUT2D eigenvalue weighted by Crippen LogP contribution is 2.41. The lowest BCUT2D eigenvalue weighted by Gasteiger charge is -2.25. The molecule has 2 bridgehead atoms. The number of rotatable bonds is 6. The summed E-state index contributed by atoms with van der Waals surface area (Å²) in [5.74, 6) is -0.388. The van der Waals surface area contributed by atoms with E-state index in [1.54, 1.807) is 4.90 Å². The van der Waals surface area contributed by atoms with Crippen molar-refractivity contribution in [2.24, 2.45) is 11.8 Å². The summed E-state index contributed by atoms with van der Waals surface area (Å²) in [6.07, 6.45) is 6.37. The van der Waals surface area contributed by atoms with Crippen molar-refractivity contribution in [3.63, 3.8) is 0 Å². The van der Waals surface area contributed by atoms with Crippen molar-refractivity contribution < 1.29 is 14.3 Å². The van der Waals surface area contributed by atoms with Crippen LogP contribution in [-0.2, 0) is 14.3 Å². The zero-order chi connectivity index (χ0) is 13.1. The Hall–Kier alpha value is -1.32. The van der Waals surface area contributed by atoms with Crippen LogP contribution in [0.1, 0.15) is 32.1 Å². The molecular formula is C14H21NO3. The lowest BCUT2D eigenvalue weighted by atomic mass is 9.94. The maximum absolute atomic E-state index is 12.2. The molecule has 2 unspecified atom stereocenters. The van der Waals surface area contributed by atoms with Crippen LogP contribution in [0.3, 0.4) is 0 Å². The van der Waals surface area contributed by atoms with Crippen molar-refractivity contribution >= 4 is 11.9 Å². The van der Waals surface area contributed by atoms with Gasteiger partial charge in [0.05, 0.1) is 11.8 Å². The predicted molar refractivity (Wildman–Crippen MR) is 67.8 cm³/mol. The number of carbonyl (C=O) groups excluding carboxylic acids is 2. The van der Waals surface area contributed by atoms with E-state index in [0.717, 1.165) is 32.2 Å². The fourth-order valence-electron chi connectivity index (χ4n) is 2.90. The van der Waals surface area contributed by atoms with Crippen LogP contribution in [0, 0.1) is 11.8 Å². The molecule has 0 aromatic rings. The second kappa shape index (κ2) is 5.55. The highest BCUT2D eigenvalue weighted by atomic mass is 16.6. The van der Waals surface area contributed by atoms with Gasteiger partial charge in [0, 0.05) is 13.6 Å². The summed E-state index contributed by atoms with van der Waals surface area (Å²) in [4.78, 5) is 25.5. The van der Waals surface area contributed by atoms with Crippen molar-refractivity contribution in [2.45, 2.75) is 38.2 Å². The number of esters is 1. The highest BCUT2D eigenvalue weighted by Gasteiger charge is 2.51. The third-order valence-electron chi connectivity index (χ3n) is 3.95. The molecule has 1 saturated heterocycles. The van der Waals surface area contributed by atoms with Crippen molar-refractivity contribution in [1.82, 2.24) is 4.90 Å². The van der Waals surface area contributed by atoms with Crippen LogP contribution < -0.4 is 0 Å². The van der Waals surface area contributed by atoms with Gasteiger partial charge in [0.1, 0.15) is 6.10 Å². The maximum atomic E-state index is 12.2. The van der Waals surface area contributed by atoms with Gasteiger partial charge in [-0.15, -0.1) is 6.58 Å². The Morgan fingerprint density at radius 1 is 1.50 bits per heavy atom. The highest BCUT2D eigenvalue weighted by molar-refractivity contribution is 5.87. The zero-order valence-electron chi connectivity index (χ0n) is 10.9. The predicted octanol–water partition coefficient (Wildman–Crippen LogP) is 1.75. The molecule has 0 N–H and O–H groups in total. The van der Waals surface area contributed by atoms with Crippen LogP contribution in [0.25, 0.3) is 0 Å². The molecule has 1 amide bonds. The molecule has 2 fully saturated rings. The fourth-order valence-corrected chi connectivity index (χ4v) is 2.90. The van der Waals surface area contributed by atoms with E-state index in [0.29, 0.717) is 6.42 Å². The smallest absolute Gasteiger partial charge is 0.310 e. The standard InChI is InChI=1S/C14H21NO3/c1-3-4-5-6-7-15(2)13(16)11-8-10-9-12(11)14(17)18-10/h3,10-12H,1,4-9H2,2H3/t10?,11?,12-/m0/s1. The summed E-state index contributed by atoms with van der Waals surface area (Å²) in [5, 5.41) is 0. The van der Waals surface area contributed by atoms with Gasteiger partial charge < -0.3 is 9.64 Å². The molecule has 4 heteroatoms. The summed E-state index contributed by atoms with van der Waals surface area (Å²) in [5.41, 5.74) is 0. The third-order valence-corrected chi connectivity index (χ3v) is 3.95. The Morgan fingerprint density at radius 2 is 2.28 bits per heavy atom. The van der Waals surface area contributed by atoms with Crippen LogP contribution in [0.15, 0.2) is 12.7 Å². The lowest BCUT2D eigenvalue weighted by Crippen LogP contribution is -2.39. The SMILES string of the molecule is C=CCCCCN(C)C(=O)C1CC2C[C@@H]1C(=O)O2. The molecule has 1 saturated carbocycles. The Kier molecular flexibility index (Phi) is 4.04. The average molecular weight is 251 g/mol. The van der Waals surface area contributed by atoms with E-state index in [9.17, 15) is 9.59 Å². The molecule has 0 aromatic carbocycles. The quantitative estimate of drug-likeness (QED) is 0.410. The maximum Gasteiger partial charge on any atom is 0.310 e. The van der Waals surface area contributed by atoms with E-state index in [1.165, 1.54) is 0 Å².